The summed E-state index contributed by atoms with van der Waals surface area (Å²) in [6.45, 7) is 4.15. The molecule has 4 nitrogen and oxygen atoms in total. The lowest BCUT2D eigenvalue weighted by atomic mass is 10.1. The summed E-state index contributed by atoms with van der Waals surface area (Å²) in [6, 6.07) is 6.13. The number of nitrogens with zero attached hydrogens (tertiary/aromatic N) is 2. The highest BCUT2D eigenvalue weighted by Crippen LogP contribution is 2.24. The van der Waals surface area contributed by atoms with E-state index in [2.05, 4.69) is 57.2 Å². The van der Waals surface area contributed by atoms with Crippen LogP contribution in [0.1, 0.15) is 11.1 Å². The molecule has 0 spiro atoms. The predicted molar refractivity (Wildman–Crippen MR) is 75.5 cm³/mol. The first kappa shape index (κ1) is 12.8. The van der Waals surface area contributed by atoms with E-state index < -0.39 is 0 Å². The molecule has 0 bridgehead atoms. The van der Waals surface area contributed by atoms with Crippen molar-refractivity contribution in [1.29, 1.82) is 0 Å². The quantitative estimate of drug-likeness (QED) is 0.941. The predicted octanol–water partition coefficient (Wildman–Crippen LogP) is 3.61. The molecule has 0 aliphatic carbocycles. The van der Waals surface area contributed by atoms with Gasteiger partial charge in [-0.15, -0.1) is 0 Å². The van der Waals surface area contributed by atoms with Crippen LogP contribution in [-0.2, 0) is 0 Å². The van der Waals surface area contributed by atoms with Crippen LogP contribution in [-0.4, -0.2) is 17.1 Å². The van der Waals surface area contributed by atoms with Gasteiger partial charge in [-0.05, 0) is 53.0 Å². The molecule has 94 valence electrons. The molecule has 0 unspecified atom stereocenters. The maximum Gasteiger partial charge on any atom is 0.232 e. The molecule has 0 fully saturated rings. The summed E-state index contributed by atoms with van der Waals surface area (Å²) in [4.78, 5) is 8.43. The second-order valence-corrected chi connectivity index (χ2v) is 4.83. The van der Waals surface area contributed by atoms with E-state index >= 15 is 0 Å². The first-order chi connectivity index (χ1) is 8.60. The van der Waals surface area contributed by atoms with E-state index in [9.17, 15) is 0 Å². The van der Waals surface area contributed by atoms with Crippen molar-refractivity contribution in [2.45, 2.75) is 13.8 Å². The largest absolute Gasteiger partial charge is 0.480 e. The number of anilines is 2. The molecule has 5 heteroatoms. The molecule has 18 heavy (non-hydrogen) atoms. The maximum atomic E-state index is 5.13. The van der Waals surface area contributed by atoms with Crippen molar-refractivity contribution in [3.8, 4) is 5.88 Å². The average molecular weight is 308 g/mol. The number of methoxy groups -OCH3 is 1. The van der Waals surface area contributed by atoms with E-state index in [-0.39, 0.29) is 0 Å². The average Bonchev–Trinajstić information content (AvgIpc) is 2.36. The van der Waals surface area contributed by atoms with Crippen LogP contribution in [0.15, 0.2) is 28.9 Å². The molecule has 0 aliphatic heterocycles. The van der Waals surface area contributed by atoms with Gasteiger partial charge in [0.1, 0.15) is 0 Å². The summed E-state index contributed by atoms with van der Waals surface area (Å²) < 4.78 is 5.86. The molecule has 2 aromatic rings. The fourth-order valence-corrected chi connectivity index (χ4v) is 1.86. The number of halogens is 1. The first-order valence-electron chi connectivity index (χ1n) is 5.51. The van der Waals surface area contributed by atoms with Gasteiger partial charge in [0.05, 0.1) is 17.8 Å². The fourth-order valence-electron chi connectivity index (χ4n) is 1.50. The topological polar surface area (TPSA) is 47.0 Å². The Hall–Kier alpha value is -1.62. The zero-order valence-corrected chi connectivity index (χ0v) is 12.1. The van der Waals surface area contributed by atoms with E-state index in [1.807, 2.05) is 6.07 Å². The van der Waals surface area contributed by atoms with Crippen LogP contribution in [0.3, 0.4) is 0 Å². The third kappa shape index (κ3) is 2.79. The minimum absolute atomic E-state index is 0.510. The molecular weight excluding hydrogens is 294 g/mol. The maximum absolute atomic E-state index is 5.13. The third-order valence-electron chi connectivity index (χ3n) is 2.67. The molecular formula is C13H14BrN3O. The number of aromatic nitrogens is 2. The van der Waals surface area contributed by atoms with Crippen molar-refractivity contribution in [3.63, 3.8) is 0 Å². The van der Waals surface area contributed by atoms with Crippen LogP contribution < -0.4 is 10.1 Å². The molecule has 2 rings (SSSR count). The Kier molecular flexibility index (Phi) is 3.81. The number of rotatable bonds is 3. The van der Waals surface area contributed by atoms with Crippen LogP contribution in [0.5, 0.6) is 5.88 Å². The normalized spacial score (nSPS) is 10.2. The van der Waals surface area contributed by atoms with E-state index in [1.165, 1.54) is 11.1 Å². The lowest BCUT2D eigenvalue weighted by Crippen LogP contribution is -1.99. The summed E-state index contributed by atoms with van der Waals surface area (Å²) in [5.74, 6) is 1.02. The van der Waals surface area contributed by atoms with Crippen LogP contribution in [0.2, 0.25) is 0 Å². The van der Waals surface area contributed by atoms with E-state index in [0.717, 1.165) is 10.2 Å². The number of benzene rings is 1. The smallest absolute Gasteiger partial charge is 0.232 e. The van der Waals surface area contributed by atoms with Gasteiger partial charge in [-0.3, -0.25) is 0 Å². The lowest BCUT2D eigenvalue weighted by Gasteiger charge is -2.08. The second-order valence-electron chi connectivity index (χ2n) is 3.97. The Morgan fingerprint density at radius 2 is 2.00 bits per heavy atom. The fraction of sp³-hybridized carbons (Fsp3) is 0.231. The van der Waals surface area contributed by atoms with Crippen molar-refractivity contribution in [2.75, 3.05) is 12.4 Å². The zero-order chi connectivity index (χ0) is 13.1. The molecule has 1 aromatic heterocycles. The molecule has 1 heterocycles. The Bertz CT molecular complexity index is 572. The summed E-state index contributed by atoms with van der Waals surface area (Å²) in [6.07, 6.45) is 1.66. The minimum Gasteiger partial charge on any atom is -0.480 e. The SMILES string of the molecule is COc1nc(Nc2ccc(C)c(C)c2)ncc1Br. The first-order valence-corrected chi connectivity index (χ1v) is 6.30. The Morgan fingerprint density at radius 1 is 1.22 bits per heavy atom. The molecule has 0 saturated heterocycles. The molecule has 0 amide bonds. The standard InChI is InChI=1S/C13H14BrN3O/c1-8-4-5-10(6-9(8)2)16-13-15-7-11(14)12(17-13)18-3/h4-7H,1-3H3,(H,15,16,17). The number of hydrogen-bond acceptors (Lipinski definition) is 4. The van der Waals surface area contributed by atoms with Gasteiger partial charge < -0.3 is 10.1 Å². The van der Waals surface area contributed by atoms with Crippen molar-refractivity contribution in [2.24, 2.45) is 0 Å². The van der Waals surface area contributed by atoms with Crippen LogP contribution in [0.25, 0.3) is 0 Å². The van der Waals surface area contributed by atoms with Gasteiger partial charge in [0.25, 0.3) is 0 Å². The van der Waals surface area contributed by atoms with E-state index in [1.54, 1.807) is 13.3 Å². The Balaban J connectivity index is 2.25. The van der Waals surface area contributed by atoms with Gasteiger partial charge in [-0.1, -0.05) is 6.07 Å². The van der Waals surface area contributed by atoms with Gasteiger partial charge >= 0.3 is 0 Å². The molecule has 1 N–H and O–H groups in total. The number of hydrogen-bond donors (Lipinski definition) is 1. The summed E-state index contributed by atoms with van der Waals surface area (Å²) in [7, 11) is 1.58. The Morgan fingerprint density at radius 3 is 2.67 bits per heavy atom. The van der Waals surface area contributed by atoms with Crippen LogP contribution in [0, 0.1) is 13.8 Å². The second kappa shape index (κ2) is 5.35. The summed E-state index contributed by atoms with van der Waals surface area (Å²) in [5, 5.41) is 3.15. The molecule has 0 saturated carbocycles. The highest BCUT2D eigenvalue weighted by molar-refractivity contribution is 9.10. The van der Waals surface area contributed by atoms with Crippen molar-refractivity contribution in [1.82, 2.24) is 9.97 Å². The van der Waals surface area contributed by atoms with Crippen LogP contribution >= 0.6 is 15.9 Å². The number of nitrogens with one attached hydrogen (secondary N) is 1. The highest BCUT2D eigenvalue weighted by Gasteiger charge is 2.05. The van der Waals surface area contributed by atoms with E-state index in [4.69, 9.17) is 4.74 Å². The van der Waals surface area contributed by atoms with Gasteiger partial charge in [0, 0.05) is 5.69 Å². The van der Waals surface area contributed by atoms with E-state index in [0.29, 0.717) is 11.8 Å². The monoisotopic (exact) mass is 307 g/mol. The lowest BCUT2D eigenvalue weighted by molar-refractivity contribution is 0.394. The molecule has 1 aromatic carbocycles. The summed E-state index contributed by atoms with van der Waals surface area (Å²) >= 11 is 3.32. The molecule has 0 radical (unpaired) electrons. The van der Waals surface area contributed by atoms with Gasteiger partial charge in [-0.25, -0.2) is 4.98 Å². The minimum atomic E-state index is 0.510. The van der Waals surface area contributed by atoms with Crippen LogP contribution in [0.4, 0.5) is 11.6 Å². The van der Waals surface area contributed by atoms with Gasteiger partial charge in [0.15, 0.2) is 0 Å². The van der Waals surface area contributed by atoms with Crippen molar-refractivity contribution in [3.05, 3.63) is 40.0 Å². The number of ether oxygens (including phenoxy) is 1. The summed E-state index contributed by atoms with van der Waals surface area (Å²) in [5.41, 5.74) is 3.45. The van der Waals surface area contributed by atoms with Gasteiger partial charge in [-0.2, -0.15) is 4.98 Å². The molecule has 0 atom stereocenters. The third-order valence-corrected chi connectivity index (χ3v) is 3.21. The van der Waals surface area contributed by atoms with Gasteiger partial charge in [0.2, 0.25) is 11.8 Å². The number of aryl methyl sites for hydroxylation is 2. The molecule has 0 aliphatic rings. The van der Waals surface area contributed by atoms with Crippen molar-refractivity contribution < 1.29 is 4.74 Å². The zero-order valence-electron chi connectivity index (χ0n) is 10.5. The van der Waals surface area contributed by atoms with Crippen molar-refractivity contribution >= 4 is 27.6 Å². The highest BCUT2D eigenvalue weighted by atomic mass is 79.9. The Labute approximate surface area is 115 Å².